The third kappa shape index (κ3) is 3.72. The van der Waals surface area contributed by atoms with Gasteiger partial charge in [-0.2, -0.15) is 11.3 Å². The predicted octanol–water partition coefficient (Wildman–Crippen LogP) is 3.60. The molecule has 0 amide bonds. The van der Waals surface area contributed by atoms with Crippen molar-refractivity contribution in [3.8, 4) is 11.5 Å². The van der Waals surface area contributed by atoms with Crippen molar-refractivity contribution < 1.29 is 9.47 Å². The van der Waals surface area contributed by atoms with Gasteiger partial charge in [-0.15, -0.1) is 0 Å². The van der Waals surface area contributed by atoms with E-state index in [9.17, 15) is 0 Å². The minimum Gasteiger partial charge on any atom is -0.493 e. The van der Waals surface area contributed by atoms with Crippen LogP contribution in [0.3, 0.4) is 0 Å². The number of hydrogen-bond acceptors (Lipinski definition) is 4. The molecule has 0 aliphatic heterocycles. The first kappa shape index (κ1) is 14.4. The second-order valence-corrected chi connectivity index (χ2v) is 5.70. The first-order valence-corrected chi connectivity index (χ1v) is 7.68. The van der Waals surface area contributed by atoms with Crippen LogP contribution < -0.4 is 15.2 Å². The normalized spacial score (nSPS) is 10.5. The highest BCUT2D eigenvalue weighted by Crippen LogP contribution is 2.37. The Morgan fingerprint density at radius 3 is 2.79 bits per heavy atom. The average molecular weight is 342 g/mol. The van der Waals surface area contributed by atoms with Crippen molar-refractivity contribution in [2.45, 2.75) is 13.0 Å². The maximum Gasteiger partial charge on any atom is 0.175 e. The molecule has 19 heavy (non-hydrogen) atoms. The standard InChI is InChI=1S/C14H16BrNO2S/c1-17-13-7-10(2-4-16)6-12(15)14(13)18-8-11-3-5-19-9-11/h3,5-7,9H,2,4,8,16H2,1H3. The Morgan fingerprint density at radius 1 is 1.32 bits per heavy atom. The van der Waals surface area contributed by atoms with Gasteiger partial charge in [0.2, 0.25) is 0 Å². The fraction of sp³-hybridized carbons (Fsp3) is 0.286. The van der Waals surface area contributed by atoms with E-state index in [1.165, 1.54) is 0 Å². The summed E-state index contributed by atoms with van der Waals surface area (Å²) in [6.45, 7) is 1.15. The van der Waals surface area contributed by atoms with Crippen LogP contribution in [0, 0.1) is 0 Å². The van der Waals surface area contributed by atoms with E-state index in [0.29, 0.717) is 13.2 Å². The Kier molecular flexibility index (Phi) is 5.24. The van der Waals surface area contributed by atoms with Gasteiger partial charge in [0.05, 0.1) is 11.6 Å². The van der Waals surface area contributed by atoms with E-state index in [1.54, 1.807) is 18.4 Å². The highest BCUT2D eigenvalue weighted by molar-refractivity contribution is 9.10. The monoisotopic (exact) mass is 341 g/mol. The summed E-state index contributed by atoms with van der Waals surface area (Å²) in [7, 11) is 1.64. The Morgan fingerprint density at radius 2 is 2.16 bits per heavy atom. The molecule has 102 valence electrons. The van der Waals surface area contributed by atoms with Crippen LogP contribution in [-0.2, 0) is 13.0 Å². The summed E-state index contributed by atoms with van der Waals surface area (Å²) in [4.78, 5) is 0. The lowest BCUT2D eigenvalue weighted by atomic mass is 10.1. The smallest absolute Gasteiger partial charge is 0.175 e. The van der Waals surface area contributed by atoms with Gasteiger partial charge >= 0.3 is 0 Å². The number of thiophene rings is 1. The van der Waals surface area contributed by atoms with Gasteiger partial charge < -0.3 is 15.2 Å². The summed E-state index contributed by atoms with van der Waals surface area (Å²) in [6, 6.07) is 6.05. The molecule has 0 atom stereocenters. The van der Waals surface area contributed by atoms with Gasteiger partial charge in [0.1, 0.15) is 6.61 Å². The van der Waals surface area contributed by atoms with E-state index >= 15 is 0 Å². The Balaban J connectivity index is 2.18. The quantitative estimate of drug-likeness (QED) is 0.872. The van der Waals surface area contributed by atoms with Crippen molar-refractivity contribution >= 4 is 27.3 Å². The van der Waals surface area contributed by atoms with Crippen molar-refractivity contribution in [2.24, 2.45) is 5.73 Å². The van der Waals surface area contributed by atoms with Crippen LogP contribution in [0.1, 0.15) is 11.1 Å². The lowest BCUT2D eigenvalue weighted by Crippen LogP contribution is -2.04. The Labute approximate surface area is 125 Å². The molecule has 3 nitrogen and oxygen atoms in total. The third-order valence-electron chi connectivity index (χ3n) is 2.69. The van der Waals surface area contributed by atoms with Crippen molar-refractivity contribution in [1.82, 2.24) is 0 Å². The zero-order valence-electron chi connectivity index (χ0n) is 10.7. The Hall–Kier alpha value is -1.04. The minimum absolute atomic E-state index is 0.536. The number of ether oxygens (including phenoxy) is 2. The molecule has 1 heterocycles. The molecule has 0 aliphatic carbocycles. The summed E-state index contributed by atoms with van der Waals surface area (Å²) in [5, 5.41) is 4.11. The fourth-order valence-electron chi connectivity index (χ4n) is 1.75. The summed E-state index contributed by atoms with van der Waals surface area (Å²) in [5.74, 6) is 1.46. The van der Waals surface area contributed by atoms with Gasteiger partial charge in [-0.25, -0.2) is 0 Å². The average Bonchev–Trinajstić information content (AvgIpc) is 2.90. The molecule has 0 radical (unpaired) electrons. The highest BCUT2D eigenvalue weighted by Gasteiger charge is 2.11. The molecule has 0 aliphatic rings. The van der Waals surface area contributed by atoms with E-state index in [-0.39, 0.29) is 0 Å². The molecule has 1 aromatic carbocycles. The van der Waals surface area contributed by atoms with Crippen molar-refractivity contribution in [3.05, 3.63) is 44.6 Å². The van der Waals surface area contributed by atoms with Gasteiger partial charge in [-0.1, -0.05) is 0 Å². The molecule has 0 bridgehead atoms. The zero-order valence-corrected chi connectivity index (χ0v) is 13.1. The topological polar surface area (TPSA) is 44.5 Å². The van der Waals surface area contributed by atoms with Crippen molar-refractivity contribution in [1.29, 1.82) is 0 Å². The minimum atomic E-state index is 0.536. The Bertz CT molecular complexity index is 528. The molecule has 2 aromatic rings. The zero-order chi connectivity index (χ0) is 13.7. The maximum absolute atomic E-state index is 5.84. The van der Waals surface area contributed by atoms with Crippen LogP contribution in [0.4, 0.5) is 0 Å². The molecule has 0 unspecified atom stereocenters. The van der Waals surface area contributed by atoms with Crippen molar-refractivity contribution in [2.75, 3.05) is 13.7 Å². The lowest BCUT2D eigenvalue weighted by Gasteiger charge is -2.14. The number of rotatable bonds is 6. The van der Waals surface area contributed by atoms with Crippen molar-refractivity contribution in [3.63, 3.8) is 0 Å². The SMILES string of the molecule is COc1cc(CCN)cc(Br)c1OCc1ccsc1. The third-order valence-corrected chi connectivity index (χ3v) is 4.01. The molecule has 2 rings (SSSR count). The van der Waals surface area contributed by atoms with Gasteiger partial charge in [0, 0.05) is 0 Å². The number of halogens is 1. The number of hydrogen-bond donors (Lipinski definition) is 1. The van der Waals surface area contributed by atoms with Gasteiger partial charge in [-0.3, -0.25) is 0 Å². The molecular weight excluding hydrogens is 326 g/mol. The first-order chi connectivity index (χ1) is 9.24. The summed E-state index contributed by atoms with van der Waals surface area (Å²) < 4.78 is 12.1. The van der Waals surface area contributed by atoms with E-state index in [4.69, 9.17) is 15.2 Å². The van der Waals surface area contributed by atoms with Crippen LogP contribution in [0.5, 0.6) is 11.5 Å². The number of methoxy groups -OCH3 is 1. The number of nitrogens with two attached hydrogens (primary N) is 1. The molecule has 0 fully saturated rings. The molecular formula is C14H16BrNO2S. The molecule has 5 heteroatoms. The molecule has 0 saturated carbocycles. The highest BCUT2D eigenvalue weighted by atomic mass is 79.9. The summed E-state index contributed by atoms with van der Waals surface area (Å²) >= 11 is 5.19. The number of benzene rings is 1. The van der Waals surface area contributed by atoms with Crippen LogP contribution >= 0.6 is 27.3 Å². The maximum atomic E-state index is 5.84. The molecule has 0 spiro atoms. The van der Waals surface area contributed by atoms with E-state index in [2.05, 4.69) is 21.3 Å². The van der Waals surface area contributed by atoms with Gasteiger partial charge in [0.15, 0.2) is 11.5 Å². The van der Waals surface area contributed by atoms with E-state index < -0.39 is 0 Å². The summed E-state index contributed by atoms with van der Waals surface area (Å²) in [6.07, 6.45) is 0.819. The first-order valence-electron chi connectivity index (χ1n) is 5.95. The molecule has 2 N–H and O–H groups in total. The van der Waals surface area contributed by atoms with Gasteiger partial charge in [-0.05, 0) is 69.0 Å². The molecule has 0 saturated heterocycles. The van der Waals surface area contributed by atoms with Crippen LogP contribution in [0.15, 0.2) is 33.4 Å². The van der Waals surface area contributed by atoms with E-state index in [0.717, 1.165) is 33.5 Å². The largest absolute Gasteiger partial charge is 0.493 e. The summed E-state index contributed by atoms with van der Waals surface area (Å²) in [5.41, 5.74) is 7.87. The van der Waals surface area contributed by atoms with Crippen LogP contribution in [-0.4, -0.2) is 13.7 Å². The van der Waals surface area contributed by atoms with Crippen LogP contribution in [0.25, 0.3) is 0 Å². The second kappa shape index (κ2) is 6.93. The van der Waals surface area contributed by atoms with Gasteiger partial charge in [0.25, 0.3) is 0 Å². The molecule has 1 aromatic heterocycles. The van der Waals surface area contributed by atoms with E-state index in [1.807, 2.05) is 23.6 Å². The lowest BCUT2D eigenvalue weighted by molar-refractivity contribution is 0.283. The predicted molar refractivity (Wildman–Crippen MR) is 82.1 cm³/mol. The van der Waals surface area contributed by atoms with Crippen LogP contribution in [0.2, 0.25) is 0 Å². The fourth-order valence-corrected chi connectivity index (χ4v) is 3.01. The second-order valence-electron chi connectivity index (χ2n) is 4.07.